The molecule has 0 amide bonds. The Balaban J connectivity index is 2.12. The predicted octanol–water partition coefficient (Wildman–Crippen LogP) is 3.01. The molecule has 0 spiro atoms. The standard InChI is InChI=1S/C15H20N2O2S/c1-12-4-6-14(7-5-12)20(18,19)17-16-13-8-10-15(2,3)11-9-13/h4-8,10,17H,9,11H2,1-3H3. The van der Waals surface area contributed by atoms with Gasteiger partial charge < -0.3 is 0 Å². The van der Waals surface area contributed by atoms with Gasteiger partial charge in [-0.15, -0.1) is 0 Å². The molecule has 5 heteroatoms. The normalized spacial score (nSPS) is 20.1. The highest BCUT2D eigenvalue weighted by atomic mass is 32.2. The molecule has 0 unspecified atom stereocenters. The van der Waals surface area contributed by atoms with Gasteiger partial charge in [-0.25, -0.2) is 0 Å². The van der Waals surface area contributed by atoms with Crippen molar-refractivity contribution in [2.45, 2.75) is 38.5 Å². The van der Waals surface area contributed by atoms with E-state index in [2.05, 4.69) is 29.9 Å². The Hall–Kier alpha value is -1.62. The molecule has 1 N–H and O–H groups in total. The molecule has 0 saturated carbocycles. The van der Waals surface area contributed by atoms with Crippen LogP contribution in [0, 0.1) is 12.3 Å². The molecule has 0 heterocycles. The summed E-state index contributed by atoms with van der Waals surface area (Å²) in [5.74, 6) is 0. The number of nitrogens with zero attached hydrogens (tertiary/aromatic N) is 1. The van der Waals surface area contributed by atoms with Crippen LogP contribution in [0.15, 0.2) is 46.4 Å². The lowest BCUT2D eigenvalue weighted by Crippen LogP contribution is -2.22. The van der Waals surface area contributed by atoms with Crippen LogP contribution in [0.5, 0.6) is 0 Å². The third-order valence-corrected chi connectivity index (χ3v) is 4.62. The molecular weight excluding hydrogens is 272 g/mol. The maximum Gasteiger partial charge on any atom is 0.276 e. The molecule has 0 bridgehead atoms. The zero-order valence-corrected chi connectivity index (χ0v) is 12.9. The average molecular weight is 292 g/mol. The summed E-state index contributed by atoms with van der Waals surface area (Å²) in [6, 6.07) is 6.70. The lowest BCUT2D eigenvalue weighted by atomic mass is 9.82. The van der Waals surface area contributed by atoms with E-state index in [0.29, 0.717) is 0 Å². The fourth-order valence-electron chi connectivity index (χ4n) is 1.92. The van der Waals surface area contributed by atoms with Crippen LogP contribution in [0.25, 0.3) is 0 Å². The van der Waals surface area contributed by atoms with Crippen LogP contribution >= 0.6 is 0 Å². The van der Waals surface area contributed by atoms with Crippen LogP contribution in [-0.4, -0.2) is 14.1 Å². The SMILES string of the molecule is Cc1ccc(S(=O)(=O)NN=C2C=CC(C)(C)CC2)cc1. The summed E-state index contributed by atoms with van der Waals surface area (Å²) < 4.78 is 24.1. The molecule has 0 radical (unpaired) electrons. The van der Waals surface area contributed by atoms with E-state index in [9.17, 15) is 8.42 Å². The summed E-state index contributed by atoms with van der Waals surface area (Å²) in [6.45, 7) is 6.21. The summed E-state index contributed by atoms with van der Waals surface area (Å²) in [4.78, 5) is 2.53. The first-order chi connectivity index (χ1) is 9.28. The second-order valence-corrected chi connectivity index (χ2v) is 7.49. The molecular formula is C15H20N2O2S. The highest BCUT2D eigenvalue weighted by molar-refractivity contribution is 7.89. The van der Waals surface area contributed by atoms with Gasteiger partial charge in [0, 0.05) is 0 Å². The molecule has 0 fully saturated rings. The second-order valence-electron chi connectivity index (χ2n) is 5.83. The zero-order valence-electron chi connectivity index (χ0n) is 12.1. The van der Waals surface area contributed by atoms with E-state index in [1.54, 1.807) is 24.3 Å². The topological polar surface area (TPSA) is 58.5 Å². The minimum absolute atomic E-state index is 0.162. The lowest BCUT2D eigenvalue weighted by Gasteiger charge is -2.24. The van der Waals surface area contributed by atoms with E-state index in [1.807, 2.05) is 13.0 Å². The predicted molar refractivity (Wildman–Crippen MR) is 81.1 cm³/mol. The Morgan fingerprint density at radius 3 is 2.40 bits per heavy atom. The fourth-order valence-corrected chi connectivity index (χ4v) is 2.76. The number of hydrazone groups is 1. The Labute approximate surface area is 120 Å². The second kappa shape index (κ2) is 5.40. The Kier molecular flexibility index (Phi) is 3.99. The third kappa shape index (κ3) is 3.70. The van der Waals surface area contributed by atoms with Crippen molar-refractivity contribution in [1.82, 2.24) is 4.83 Å². The number of rotatable bonds is 3. The molecule has 108 valence electrons. The van der Waals surface area contributed by atoms with Crippen molar-refractivity contribution in [2.24, 2.45) is 10.5 Å². The van der Waals surface area contributed by atoms with Crippen molar-refractivity contribution < 1.29 is 8.42 Å². The first-order valence-corrected chi connectivity index (χ1v) is 8.11. The van der Waals surface area contributed by atoms with Crippen LogP contribution in [0.2, 0.25) is 0 Å². The summed E-state index contributed by atoms with van der Waals surface area (Å²) in [5, 5.41) is 4.01. The number of sulfonamides is 1. The monoisotopic (exact) mass is 292 g/mol. The maximum absolute atomic E-state index is 12.1. The van der Waals surface area contributed by atoms with Gasteiger partial charge in [-0.05, 0) is 43.4 Å². The minimum Gasteiger partial charge on any atom is -0.200 e. The van der Waals surface area contributed by atoms with Gasteiger partial charge in [0.2, 0.25) is 0 Å². The Bertz CT molecular complexity index is 641. The number of hydrogen-bond donors (Lipinski definition) is 1. The number of hydrogen-bond acceptors (Lipinski definition) is 3. The molecule has 0 atom stereocenters. The van der Waals surface area contributed by atoms with Crippen LogP contribution in [0.1, 0.15) is 32.3 Å². The maximum atomic E-state index is 12.1. The summed E-state index contributed by atoms with van der Waals surface area (Å²) in [7, 11) is -3.58. The number of nitrogens with one attached hydrogen (secondary N) is 1. The summed E-state index contributed by atoms with van der Waals surface area (Å²) >= 11 is 0. The van der Waals surface area contributed by atoms with Crippen LogP contribution in [0.3, 0.4) is 0 Å². The first kappa shape index (κ1) is 14.8. The largest absolute Gasteiger partial charge is 0.276 e. The van der Waals surface area contributed by atoms with Crippen molar-refractivity contribution in [2.75, 3.05) is 0 Å². The van der Waals surface area contributed by atoms with E-state index in [0.717, 1.165) is 24.1 Å². The summed E-state index contributed by atoms with van der Waals surface area (Å²) in [5.41, 5.74) is 1.95. The number of aryl methyl sites for hydroxylation is 1. The number of benzene rings is 1. The van der Waals surface area contributed by atoms with E-state index < -0.39 is 10.0 Å². The summed E-state index contributed by atoms with van der Waals surface area (Å²) in [6.07, 6.45) is 5.70. The van der Waals surface area contributed by atoms with Gasteiger partial charge in [0.25, 0.3) is 10.0 Å². The van der Waals surface area contributed by atoms with Crippen LogP contribution in [0.4, 0.5) is 0 Å². The molecule has 4 nitrogen and oxygen atoms in total. The van der Waals surface area contributed by atoms with Crippen molar-refractivity contribution in [3.63, 3.8) is 0 Å². The minimum atomic E-state index is -3.58. The van der Waals surface area contributed by atoms with Gasteiger partial charge >= 0.3 is 0 Å². The van der Waals surface area contributed by atoms with Crippen molar-refractivity contribution in [3.8, 4) is 0 Å². The fraction of sp³-hybridized carbons (Fsp3) is 0.400. The van der Waals surface area contributed by atoms with E-state index in [4.69, 9.17) is 0 Å². The van der Waals surface area contributed by atoms with Crippen molar-refractivity contribution in [3.05, 3.63) is 42.0 Å². The Morgan fingerprint density at radius 2 is 1.85 bits per heavy atom. The molecule has 2 rings (SSSR count). The zero-order chi connectivity index (χ0) is 14.8. The van der Waals surface area contributed by atoms with Gasteiger partial charge in [0.1, 0.15) is 0 Å². The smallest absolute Gasteiger partial charge is 0.200 e. The Morgan fingerprint density at radius 1 is 1.20 bits per heavy atom. The van der Waals surface area contributed by atoms with Crippen molar-refractivity contribution in [1.29, 1.82) is 0 Å². The van der Waals surface area contributed by atoms with E-state index in [-0.39, 0.29) is 10.3 Å². The molecule has 1 aliphatic carbocycles. The van der Waals surface area contributed by atoms with Gasteiger partial charge in [0.15, 0.2) is 0 Å². The highest BCUT2D eigenvalue weighted by Gasteiger charge is 2.19. The molecule has 1 aromatic carbocycles. The van der Waals surface area contributed by atoms with Crippen LogP contribution in [-0.2, 0) is 10.0 Å². The van der Waals surface area contributed by atoms with Gasteiger partial charge in [0.05, 0.1) is 10.6 Å². The van der Waals surface area contributed by atoms with Crippen molar-refractivity contribution >= 4 is 15.7 Å². The molecule has 1 aliphatic rings. The molecule has 20 heavy (non-hydrogen) atoms. The number of allylic oxidation sites excluding steroid dienone is 2. The van der Waals surface area contributed by atoms with E-state index >= 15 is 0 Å². The molecule has 0 saturated heterocycles. The van der Waals surface area contributed by atoms with Crippen LogP contribution < -0.4 is 4.83 Å². The quantitative estimate of drug-likeness (QED) is 0.871. The third-order valence-electron chi connectivity index (χ3n) is 3.39. The first-order valence-electron chi connectivity index (χ1n) is 6.63. The average Bonchev–Trinajstić information content (AvgIpc) is 2.38. The molecule has 1 aromatic rings. The lowest BCUT2D eigenvalue weighted by molar-refractivity contribution is 0.441. The molecule has 0 aliphatic heterocycles. The van der Waals surface area contributed by atoms with Gasteiger partial charge in [-0.2, -0.15) is 18.4 Å². The highest BCUT2D eigenvalue weighted by Crippen LogP contribution is 2.28. The van der Waals surface area contributed by atoms with E-state index in [1.165, 1.54) is 0 Å². The van der Waals surface area contributed by atoms with Gasteiger partial charge in [-0.1, -0.05) is 37.6 Å². The molecule has 0 aromatic heterocycles. The van der Waals surface area contributed by atoms with Gasteiger partial charge in [-0.3, -0.25) is 0 Å².